The standard InChI is InChI=1S/C11H10F2N2OS/c1-15-10(16)7-4-2-3-5-8(7)14-11(15)17-6-9(12)13/h2-5,9H,6H2,1H3. The average molecular weight is 256 g/mol. The Morgan fingerprint density at radius 2 is 2.12 bits per heavy atom. The van der Waals surface area contributed by atoms with Gasteiger partial charge >= 0.3 is 0 Å². The molecule has 0 spiro atoms. The molecule has 0 N–H and O–H groups in total. The number of para-hydroxylation sites is 1. The van der Waals surface area contributed by atoms with Gasteiger partial charge in [0.25, 0.3) is 5.56 Å². The third-order valence-electron chi connectivity index (χ3n) is 2.28. The molecule has 0 amide bonds. The molecule has 0 radical (unpaired) electrons. The van der Waals surface area contributed by atoms with Gasteiger partial charge in [0.15, 0.2) is 5.16 Å². The number of nitrogens with zero attached hydrogens (tertiary/aromatic N) is 2. The summed E-state index contributed by atoms with van der Waals surface area (Å²) in [4.78, 5) is 16.1. The van der Waals surface area contributed by atoms with Gasteiger partial charge in [-0.3, -0.25) is 9.36 Å². The monoisotopic (exact) mass is 256 g/mol. The molecular weight excluding hydrogens is 246 g/mol. The van der Waals surface area contributed by atoms with E-state index in [1.54, 1.807) is 24.3 Å². The third-order valence-corrected chi connectivity index (χ3v) is 3.32. The van der Waals surface area contributed by atoms with Crippen molar-refractivity contribution in [3.05, 3.63) is 34.6 Å². The lowest BCUT2D eigenvalue weighted by molar-refractivity contribution is 0.176. The van der Waals surface area contributed by atoms with Crippen molar-refractivity contribution in [3.63, 3.8) is 0 Å². The van der Waals surface area contributed by atoms with E-state index >= 15 is 0 Å². The van der Waals surface area contributed by atoms with Crippen LogP contribution in [0.4, 0.5) is 8.78 Å². The van der Waals surface area contributed by atoms with Crippen molar-refractivity contribution >= 4 is 22.7 Å². The summed E-state index contributed by atoms with van der Waals surface area (Å²) in [6.07, 6.45) is -2.41. The van der Waals surface area contributed by atoms with Crippen LogP contribution in [0.25, 0.3) is 10.9 Å². The number of hydrogen-bond donors (Lipinski definition) is 0. The molecule has 17 heavy (non-hydrogen) atoms. The predicted molar refractivity (Wildman–Crippen MR) is 63.7 cm³/mol. The molecule has 0 aliphatic rings. The minimum atomic E-state index is -2.41. The summed E-state index contributed by atoms with van der Waals surface area (Å²) >= 11 is 0.886. The highest BCUT2D eigenvalue weighted by atomic mass is 32.2. The van der Waals surface area contributed by atoms with Gasteiger partial charge < -0.3 is 0 Å². The fourth-order valence-electron chi connectivity index (χ4n) is 1.46. The second-order valence-corrected chi connectivity index (χ2v) is 4.46. The Balaban J connectivity index is 2.50. The van der Waals surface area contributed by atoms with Crippen LogP contribution in [0.3, 0.4) is 0 Å². The molecule has 90 valence electrons. The SMILES string of the molecule is Cn1c(SCC(F)F)nc2ccccc2c1=O. The number of fused-ring (bicyclic) bond motifs is 1. The van der Waals surface area contributed by atoms with E-state index in [1.807, 2.05) is 0 Å². The van der Waals surface area contributed by atoms with Gasteiger partial charge in [-0.2, -0.15) is 0 Å². The molecule has 6 heteroatoms. The van der Waals surface area contributed by atoms with E-state index in [1.165, 1.54) is 11.6 Å². The molecular formula is C11H10F2N2OS. The molecule has 2 aromatic rings. The number of halogens is 2. The third kappa shape index (κ3) is 2.46. The minimum Gasteiger partial charge on any atom is -0.290 e. The number of benzene rings is 1. The Kier molecular flexibility index (Phi) is 3.42. The summed E-state index contributed by atoms with van der Waals surface area (Å²) in [7, 11) is 1.54. The molecule has 0 aliphatic carbocycles. The Bertz CT molecular complexity index is 598. The Hall–Kier alpha value is -1.43. The van der Waals surface area contributed by atoms with E-state index < -0.39 is 6.43 Å². The molecule has 2 rings (SSSR count). The van der Waals surface area contributed by atoms with Gasteiger partial charge in [-0.05, 0) is 12.1 Å². The van der Waals surface area contributed by atoms with Crippen molar-refractivity contribution in [2.24, 2.45) is 7.05 Å². The maximum Gasteiger partial charge on any atom is 0.261 e. The molecule has 0 atom stereocenters. The molecule has 0 bridgehead atoms. The van der Waals surface area contributed by atoms with Crippen molar-refractivity contribution in [1.82, 2.24) is 9.55 Å². The first-order chi connectivity index (χ1) is 8.09. The highest BCUT2D eigenvalue weighted by molar-refractivity contribution is 7.99. The first-order valence-electron chi connectivity index (χ1n) is 4.96. The van der Waals surface area contributed by atoms with Crippen molar-refractivity contribution < 1.29 is 8.78 Å². The van der Waals surface area contributed by atoms with Gasteiger partial charge in [0.05, 0.1) is 16.7 Å². The van der Waals surface area contributed by atoms with Crippen molar-refractivity contribution in [1.29, 1.82) is 0 Å². The zero-order chi connectivity index (χ0) is 12.4. The van der Waals surface area contributed by atoms with Gasteiger partial charge in [0, 0.05) is 7.05 Å². The first kappa shape index (κ1) is 12.0. The van der Waals surface area contributed by atoms with E-state index in [0.29, 0.717) is 16.1 Å². The van der Waals surface area contributed by atoms with Crippen LogP contribution < -0.4 is 5.56 Å². The van der Waals surface area contributed by atoms with Crippen LogP contribution in [0.5, 0.6) is 0 Å². The summed E-state index contributed by atoms with van der Waals surface area (Å²) in [5, 5.41) is 0.811. The first-order valence-corrected chi connectivity index (χ1v) is 5.95. The molecule has 0 unspecified atom stereocenters. The van der Waals surface area contributed by atoms with E-state index in [4.69, 9.17) is 0 Å². The van der Waals surface area contributed by atoms with E-state index in [9.17, 15) is 13.6 Å². The summed E-state index contributed by atoms with van der Waals surface area (Å²) < 4.78 is 25.6. The Labute approximate surface area is 100 Å². The molecule has 1 aromatic heterocycles. The van der Waals surface area contributed by atoms with Gasteiger partial charge in [-0.1, -0.05) is 23.9 Å². The van der Waals surface area contributed by atoms with E-state index in [-0.39, 0.29) is 11.3 Å². The second-order valence-electron chi connectivity index (χ2n) is 3.48. The number of thioether (sulfide) groups is 1. The Morgan fingerprint density at radius 1 is 1.41 bits per heavy atom. The summed E-state index contributed by atoms with van der Waals surface area (Å²) in [6, 6.07) is 6.88. The largest absolute Gasteiger partial charge is 0.290 e. The number of hydrogen-bond acceptors (Lipinski definition) is 3. The maximum absolute atomic E-state index is 12.1. The van der Waals surface area contributed by atoms with Gasteiger partial charge in [0.1, 0.15) is 0 Å². The molecule has 0 saturated carbocycles. The van der Waals surface area contributed by atoms with Crippen LogP contribution in [0.1, 0.15) is 0 Å². The normalized spacial score (nSPS) is 11.3. The molecule has 1 aromatic carbocycles. The molecule has 0 saturated heterocycles. The lowest BCUT2D eigenvalue weighted by Gasteiger charge is -2.07. The van der Waals surface area contributed by atoms with Crippen molar-refractivity contribution in [2.45, 2.75) is 11.6 Å². The zero-order valence-corrected chi connectivity index (χ0v) is 9.88. The Morgan fingerprint density at radius 3 is 2.82 bits per heavy atom. The van der Waals surface area contributed by atoms with Crippen molar-refractivity contribution in [2.75, 3.05) is 5.75 Å². The van der Waals surface area contributed by atoms with Crippen LogP contribution in [0.15, 0.2) is 34.2 Å². The molecule has 0 aliphatic heterocycles. The van der Waals surface area contributed by atoms with Crippen LogP contribution in [0, 0.1) is 0 Å². The predicted octanol–water partition coefficient (Wildman–Crippen LogP) is 2.29. The minimum absolute atomic E-state index is 0.215. The maximum atomic E-state index is 12.1. The lowest BCUT2D eigenvalue weighted by Crippen LogP contribution is -2.20. The summed E-state index contributed by atoms with van der Waals surface area (Å²) in [5.74, 6) is -0.362. The van der Waals surface area contributed by atoms with Gasteiger partial charge in [0.2, 0.25) is 6.43 Å². The highest BCUT2D eigenvalue weighted by Crippen LogP contribution is 2.18. The van der Waals surface area contributed by atoms with E-state index in [0.717, 1.165) is 11.8 Å². The number of alkyl halides is 2. The van der Waals surface area contributed by atoms with Crippen LogP contribution >= 0.6 is 11.8 Å². The smallest absolute Gasteiger partial charge is 0.261 e. The zero-order valence-electron chi connectivity index (χ0n) is 9.06. The molecule has 3 nitrogen and oxygen atoms in total. The fraction of sp³-hybridized carbons (Fsp3) is 0.273. The fourth-order valence-corrected chi connectivity index (χ4v) is 2.18. The molecule has 0 fully saturated rings. The van der Waals surface area contributed by atoms with Gasteiger partial charge in [-0.25, -0.2) is 13.8 Å². The summed E-state index contributed by atoms with van der Waals surface area (Å²) in [6.45, 7) is 0. The van der Waals surface area contributed by atoms with Crippen LogP contribution in [0.2, 0.25) is 0 Å². The highest BCUT2D eigenvalue weighted by Gasteiger charge is 2.10. The summed E-state index contributed by atoms with van der Waals surface area (Å²) in [5.41, 5.74) is 0.319. The second kappa shape index (κ2) is 4.83. The average Bonchev–Trinajstić information content (AvgIpc) is 2.32. The number of rotatable bonds is 3. The van der Waals surface area contributed by atoms with Crippen LogP contribution in [-0.4, -0.2) is 21.7 Å². The van der Waals surface area contributed by atoms with Crippen molar-refractivity contribution in [3.8, 4) is 0 Å². The van der Waals surface area contributed by atoms with Gasteiger partial charge in [-0.15, -0.1) is 0 Å². The quantitative estimate of drug-likeness (QED) is 0.624. The number of aromatic nitrogens is 2. The topological polar surface area (TPSA) is 34.9 Å². The lowest BCUT2D eigenvalue weighted by atomic mass is 10.2. The van der Waals surface area contributed by atoms with Crippen LogP contribution in [-0.2, 0) is 7.05 Å². The molecule has 1 heterocycles. The van der Waals surface area contributed by atoms with E-state index in [2.05, 4.69) is 4.98 Å².